The van der Waals surface area contributed by atoms with Crippen molar-refractivity contribution in [3.8, 4) is 22.8 Å². The Bertz CT molecular complexity index is 1610. The summed E-state index contributed by atoms with van der Waals surface area (Å²) in [6, 6.07) is 8.58. The van der Waals surface area contributed by atoms with Crippen LogP contribution in [-0.2, 0) is 23.9 Å². The summed E-state index contributed by atoms with van der Waals surface area (Å²) < 4.78 is 12.3. The number of methoxy groups -OCH3 is 1. The van der Waals surface area contributed by atoms with Gasteiger partial charge in [-0.25, -0.2) is 4.98 Å². The van der Waals surface area contributed by atoms with Gasteiger partial charge in [0.05, 0.1) is 24.9 Å². The number of ether oxygens (including phenoxy) is 1. The minimum atomic E-state index is -0.374. The lowest BCUT2D eigenvalue weighted by Crippen LogP contribution is -2.26. The summed E-state index contributed by atoms with van der Waals surface area (Å²) in [6.45, 7) is 13.1. The second-order valence-electron chi connectivity index (χ2n) is 12.6. The molecule has 2 heterocycles. The molecule has 3 N–H and O–H groups in total. The Morgan fingerprint density at radius 3 is 2.32 bits per heavy atom. The third-order valence-corrected chi connectivity index (χ3v) is 7.35. The number of carbonyl (C=O) groups is 2. The maximum atomic E-state index is 13.1. The molecule has 44 heavy (non-hydrogen) atoms. The molecule has 0 radical (unpaired) electrons. The average molecular weight is 623 g/mol. The summed E-state index contributed by atoms with van der Waals surface area (Å²) in [5.41, 5.74) is 2.59. The van der Waals surface area contributed by atoms with E-state index >= 15 is 0 Å². The molecule has 0 aliphatic carbocycles. The van der Waals surface area contributed by atoms with Gasteiger partial charge in [0.2, 0.25) is 0 Å². The molecule has 2 aromatic carbocycles. The number of oxazole rings is 1. The van der Waals surface area contributed by atoms with Gasteiger partial charge in [0.25, 0.3) is 11.8 Å². The number of carbonyl (C=O) groups excluding carboxylic acids is 2. The molecule has 234 valence electrons. The summed E-state index contributed by atoms with van der Waals surface area (Å²) in [7, 11) is 1.52. The standard InChI is InChI=1S/C32H39ClN6O5/c1-31(2,3)22-13-20(14-23(27(22)40)32(4,5)6)29(41)35-16-21-17-39(38-37-21)12-8-11-34-30(42)26-28(44-18-36-26)19-9-10-25(43-7)24(33)15-19/h9-10,13-15,17-18,40H,8,11-12,16H2,1-7H3,(H,34,42)(H,35,41). The van der Waals surface area contributed by atoms with Crippen molar-refractivity contribution in [2.24, 2.45) is 0 Å². The molecule has 0 saturated heterocycles. The number of hydrogen-bond acceptors (Lipinski definition) is 8. The highest BCUT2D eigenvalue weighted by Gasteiger charge is 2.28. The number of benzene rings is 2. The third-order valence-electron chi connectivity index (χ3n) is 7.05. The Morgan fingerprint density at radius 2 is 1.70 bits per heavy atom. The first-order valence-corrected chi connectivity index (χ1v) is 14.7. The molecule has 4 aromatic rings. The Morgan fingerprint density at radius 1 is 1.02 bits per heavy atom. The predicted molar refractivity (Wildman–Crippen MR) is 167 cm³/mol. The van der Waals surface area contributed by atoms with E-state index in [1.54, 1.807) is 41.2 Å². The number of aryl methyl sites for hydroxylation is 1. The molecule has 0 spiro atoms. The van der Waals surface area contributed by atoms with Crippen LogP contribution < -0.4 is 15.4 Å². The van der Waals surface area contributed by atoms with Crippen LogP contribution in [0.3, 0.4) is 0 Å². The van der Waals surface area contributed by atoms with Crippen molar-refractivity contribution in [1.29, 1.82) is 0 Å². The fourth-order valence-electron chi connectivity index (χ4n) is 4.66. The fraction of sp³-hybridized carbons (Fsp3) is 0.406. The van der Waals surface area contributed by atoms with Crippen LogP contribution in [0.15, 0.2) is 47.3 Å². The molecule has 0 unspecified atom stereocenters. The number of phenolic OH excluding ortho intramolecular Hbond substituents is 1. The van der Waals surface area contributed by atoms with Crippen LogP contribution in [0.2, 0.25) is 5.02 Å². The first-order valence-electron chi connectivity index (χ1n) is 14.3. The number of hydrogen-bond donors (Lipinski definition) is 3. The second kappa shape index (κ2) is 13.1. The van der Waals surface area contributed by atoms with E-state index in [0.29, 0.717) is 52.9 Å². The van der Waals surface area contributed by atoms with Gasteiger partial charge in [-0.15, -0.1) is 5.10 Å². The van der Waals surface area contributed by atoms with Crippen LogP contribution in [0.25, 0.3) is 11.3 Å². The molecule has 11 nitrogen and oxygen atoms in total. The molecule has 0 aliphatic rings. The number of rotatable bonds is 10. The molecule has 0 saturated carbocycles. The lowest BCUT2D eigenvalue weighted by Gasteiger charge is -2.28. The number of nitrogens with zero attached hydrogens (tertiary/aromatic N) is 4. The molecule has 2 aromatic heterocycles. The van der Waals surface area contributed by atoms with Crippen LogP contribution in [0.4, 0.5) is 0 Å². The zero-order valence-corrected chi connectivity index (χ0v) is 26.9. The van der Waals surface area contributed by atoms with Crippen molar-refractivity contribution in [3.63, 3.8) is 0 Å². The van der Waals surface area contributed by atoms with Crippen molar-refractivity contribution in [2.45, 2.75) is 71.9 Å². The van der Waals surface area contributed by atoms with E-state index in [-0.39, 0.29) is 40.6 Å². The van der Waals surface area contributed by atoms with Crippen LogP contribution >= 0.6 is 11.6 Å². The second-order valence-corrected chi connectivity index (χ2v) is 13.0. The van der Waals surface area contributed by atoms with E-state index in [2.05, 4.69) is 25.9 Å². The molecule has 0 bridgehead atoms. The number of amides is 2. The van der Waals surface area contributed by atoms with Gasteiger partial charge in [-0.2, -0.15) is 0 Å². The zero-order chi connectivity index (χ0) is 32.2. The molecule has 12 heteroatoms. The van der Waals surface area contributed by atoms with Gasteiger partial charge in [0.15, 0.2) is 17.8 Å². The van der Waals surface area contributed by atoms with Crippen molar-refractivity contribution in [3.05, 3.63) is 76.0 Å². The van der Waals surface area contributed by atoms with Gasteiger partial charge in [-0.3, -0.25) is 14.3 Å². The highest BCUT2D eigenvalue weighted by molar-refractivity contribution is 6.32. The largest absolute Gasteiger partial charge is 0.507 e. The Kier molecular flexibility index (Phi) is 9.68. The van der Waals surface area contributed by atoms with Gasteiger partial charge in [-0.05, 0) is 47.6 Å². The monoisotopic (exact) mass is 622 g/mol. The first kappa shape index (κ1) is 32.5. The van der Waals surface area contributed by atoms with Gasteiger partial charge < -0.3 is 24.9 Å². The molecule has 0 fully saturated rings. The minimum Gasteiger partial charge on any atom is -0.507 e. The first-order chi connectivity index (χ1) is 20.7. The lowest BCUT2D eigenvalue weighted by atomic mass is 9.78. The maximum Gasteiger partial charge on any atom is 0.273 e. The van der Waals surface area contributed by atoms with E-state index in [4.69, 9.17) is 20.8 Å². The van der Waals surface area contributed by atoms with Gasteiger partial charge in [0, 0.05) is 35.3 Å². The topological polar surface area (TPSA) is 144 Å². The van der Waals surface area contributed by atoms with Gasteiger partial charge >= 0.3 is 0 Å². The van der Waals surface area contributed by atoms with E-state index in [0.717, 1.165) is 11.1 Å². The van der Waals surface area contributed by atoms with Crippen LogP contribution in [-0.4, -0.2) is 50.6 Å². The number of aromatic hydroxyl groups is 1. The van der Waals surface area contributed by atoms with Crippen molar-refractivity contribution in [1.82, 2.24) is 30.6 Å². The molecule has 4 rings (SSSR count). The van der Waals surface area contributed by atoms with E-state index < -0.39 is 0 Å². The molecule has 0 atom stereocenters. The maximum absolute atomic E-state index is 13.1. The Labute approximate surface area is 262 Å². The summed E-state index contributed by atoms with van der Waals surface area (Å²) in [4.78, 5) is 30.0. The van der Waals surface area contributed by atoms with E-state index in [1.165, 1.54) is 13.5 Å². The van der Waals surface area contributed by atoms with Crippen LogP contribution in [0.5, 0.6) is 11.5 Å². The lowest BCUT2D eigenvalue weighted by molar-refractivity contribution is 0.0941. The molecular weight excluding hydrogens is 584 g/mol. The SMILES string of the molecule is COc1ccc(-c2ocnc2C(=O)NCCCn2cc(CNC(=O)c3cc(C(C)(C)C)c(O)c(C(C)(C)C)c3)nn2)cc1Cl. The summed E-state index contributed by atoms with van der Waals surface area (Å²) >= 11 is 6.22. The number of halogens is 1. The Hall–Kier alpha value is -4.38. The fourth-order valence-corrected chi connectivity index (χ4v) is 4.92. The van der Waals surface area contributed by atoms with Crippen LogP contribution in [0.1, 0.15) is 85.6 Å². The van der Waals surface area contributed by atoms with Crippen molar-refractivity contribution < 1.29 is 23.8 Å². The molecule has 0 aliphatic heterocycles. The number of aromatic nitrogens is 4. The summed E-state index contributed by atoms with van der Waals surface area (Å²) in [5.74, 6) is 0.417. The number of nitrogens with one attached hydrogen (secondary N) is 2. The molecule has 2 amide bonds. The third kappa shape index (κ3) is 7.57. The smallest absolute Gasteiger partial charge is 0.273 e. The Balaban J connectivity index is 1.30. The van der Waals surface area contributed by atoms with Gasteiger partial charge in [0.1, 0.15) is 17.2 Å². The van der Waals surface area contributed by atoms with Crippen molar-refractivity contribution in [2.75, 3.05) is 13.7 Å². The minimum absolute atomic E-state index is 0.155. The normalized spacial score (nSPS) is 11.8. The predicted octanol–water partition coefficient (Wildman–Crippen LogP) is 5.65. The highest BCUT2D eigenvalue weighted by Crippen LogP contribution is 2.39. The quantitative estimate of drug-likeness (QED) is 0.193. The summed E-state index contributed by atoms with van der Waals surface area (Å²) in [5, 5.41) is 25.4. The summed E-state index contributed by atoms with van der Waals surface area (Å²) in [6.07, 6.45) is 3.55. The van der Waals surface area contributed by atoms with E-state index in [1.807, 2.05) is 41.5 Å². The zero-order valence-electron chi connectivity index (χ0n) is 26.1. The molecular formula is C32H39ClN6O5. The average Bonchev–Trinajstić information content (AvgIpc) is 3.63. The highest BCUT2D eigenvalue weighted by atomic mass is 35.5. The van der Waals surface area contributed by atoms with Crippen molar-refractivity contribution >= 4 is 23.4 Å². The number of phenols is 1. The van der Waals surface area contributed by atoms with Crippen LogP contribution in [0, 0.1) is 0 Å². The van der Waals surface area contributed by atoms with E-state index in [9.17, 15) is 14.7 Å². The van der Waals surface area contributed by atoms with Gasteiger partial charge in [-0.1, -0.05) is 58.4 Å².